The van der Waals surface area contributed by atoms with E-state index in [9.17, 15) is 13.2 Å². The fourth-order valence-corrected chi connectivity index (χ4v) is 5.07. The largest absolute Gasteiger partial charge is 0.457 e. The summed E-state index contributed by atoms with van der Waals surface area (Å²) in [6, 6.07) is 21.1. The highest BCUT2D eigenvalue weighted by Gasteiger charge is 2.28. The highest BCUT2D eigenvalue weighted by Crippen LogP contribution is 2.25. The van der Waals surface area contributed by atoms with E-state index in [-0.39, 0.29) is 10.5 Å². The maximum absolute atomic E-state index is 13.1. The van der Waals surface area contributed by atoms with Gasteiger partial charge >= 0.3 is 0 Å². The quantitative estimate of drug-likeness (QED) is 0.610. The Labute approximate surface area is 187 Å². The number of ether oxygens (including phenoxy) is 2. The van der Waals surface area contributed by atoms with E-state index < -0.39 is 15.9 Å². The Morgan fingerprint density at radius 2 is 1.66 bits per heavy atom. The number of carbonyl (C=O) groups excluding carboxylic acids is 1. The smallest absolute Gasteiger partial charge is 0.255 e. The predicted molar refractivity (Wildman–Crippen MR) is 122 cm³/mol. The summed E-state index contributed by atoms with van der Waals surface area (Å²) >= 11 is 0. The van der Waals surface area contributed by atoms with Gasteiger partial charge in [-0.15, -0.1) is 0 Å². The molecule has 1 N–H and O–H groups in total. The monoisotopic (exact) mass is 452 g/mol. The first-order valence-corrected chi connectivity index (χ1v) is 11.7. The van der Waals surface area contributed by atoms with Crippen LogP contribution in [0, 0.1) is 6.92 Å². The van der Waals surface area contributed by atoms with E-state index in [2.05, 4.69) is 5.32 Å². The van der Waals surface area contributed by atoms with Gasteiger partial charge in [0.2, 0.25) is 10.0 Å². The van der Waals surface area contributed by atoms with Crippen LogP contribution in [0.5, 0.6) is 11.5 Å². The second-order valence-electron chi connectivity index (χ2n) is 7.39. The van der Waals surface area contributed by atoms with E-state index in [0.717, 1.165) is 0 Å². The fraction of sp³-hybridized carbons (Fsp3) is 0.208. The Morgan fingerprint density at radius 1 is 0.938 bits per heavy atom. The summed E-state index contributed by atoms with van der Waals surface area (Å²) in [7, 11) is -3.71. The third kappa shape index (κ3) is 4.99. The number of rotatable bonds is 6. The van der Waals surface area contributed by atoms with Crippen molar-refractivity contribution in [2.45, 2.75) is 11.8 Å². The molecule has 0 aromatic heterocycles. The average Bonchev–Trinajstić information content (AvgIpc) is 2.80. The van der Waals surface area contributed by atoms with Crippen molar-refractivity contribution in [3.8, 4) is 11.5 Å². The number of aryl methyl sites for hydroxylation is 1. The Morgan fingerprint density at radius 3 is 2.41 bits per heavy atom. The van der Waals surface area contributed by atoms with Gasteiger partial charge in [-0.1, -0.05) is 30.3 Å². The molecule has 0 aliphatic carbocycles. The number of nitrogens with zero attached hydrogens (tertiary/aromatic N) is 1. The molecule has 166 valence electrons. The number of carbonyl (C=O) groups is 1. The van der Waals surface area contributed by atoms with E-state index >= 15 is 0 Å². The van der Waals surface area contributed by atoms with Crippen molar-refractivity contribution in [3.05, 3.63) is 83.9 Å². The lowest BCUT2D eigenvalue weighted by molar-refractivity contribution is 0.0730. The van der Waals surface area contributed by atoms with Crippen molar-refractivity contribution >= 4 is 21.6 Å². The zero-order valence-corrected chi connectivity index (χ0v) is 18.5. The van der Waals surface area contributed by atoms with Crippen LogP contribution in [0.25, 0.3) is 0 Å². The molecular formula is C24H24N2O5S. The van der Waals surface area contributed by atoms with Crippen LogP contribution >= 0.6 is 0 Å². The van der Waals surface area contributed by atoms with Gasteiger partial charge < -0.3 is 14.8 Å². The third-order valence-electron chi connectivity index (χ3n) is 5.11. The molecule has 0 saturated carbocycles. The molecule has 0 atom stereocenters. The molecule has 1 fully saturated rings. The Balaban J connectivity index is 1.53. The predicted octanol–water partition coefficient (Wildman–Crippen LogP) is 4.06. The Bertz CT molecular complexity index is 1210. The molecule has 32 heavy (non-hydrogen) atoms. The van der Waals surface area contributed by atoms with Crippen LogP contribution in [-0.4, -0.2) is 44.9 Å². The van der Waals surface area contributed by atoms with E-state index in [1.165, 1.54) is 10.4 Å². The van der Waals surface area contributed by atoms with Gasteiger partial charge in [0.05, 0.1) is 18.1 Å². The topological polar surface area (TPSA) is 84.9 Å². The van der Waals surface area contributed by atoms with Gasteiger partial charge in [0.25, 0.3) is 5.91 Å². The molecule has 1 heterocycles. The number of benzene rings is 3. The van der Waals surface area contributed by atoms with Crippen molar-refractivity contribution in [1.29, 1.82) is 0 Å². The minimum absolute atomic E-state index is 0.133. The number of para-hydroxylation sites is 1. The van der Waals surface area contributed by atoms with E-state index in [0.29, 0.717) is 49.1 Å². The molecular weight excluding hydrogens is 428 g/mol. The summed E-state index contributed by atoms with van der Waals surface area (Å²) in [6.07, 6.45) is 0. The van der Waals surface area contributed by atoms with Crippen molar-refractivity contribution in [2.75, 3.05) is 31.6 Å². The van der Waals surface area contributed by atoms with Gasteiger partial charge in [0.1, 0.15) is 11.5 Å². The first-order chi connectivity index (χ1) is 15.4. The summed E-state index contributed by atoms with van der Waals surface area (Å²) in [4.78, 5) is 13.0. The first-order valence-electron chi connectivity index (χ1n) is 10.3. The molecule has 4 rings (SSSR count). The third-order valence-corrected chi connectivity index (χ3v) is 7.15. The molecule has 0 bridgehead atoms. The Hall–Kier alpha value is -3.20. The van der Waals surface area contributed by atoms with E-state index in [1.54, 1.807) is 43.3 Å². The van der Waals surface area contributed by atoms with Crippen molar-refractivity contribution < 1.29 is 22.7 Å². The molecule has 7 nitrogen and oxygen atoms in total. The molecule has 0 spiro atoms. The van der Waals surface area contributed by atoms with Crippen molar-refractivity contribution in [1.82, 2.24) is 4.31 Å². The first kappa shape index (κ1) is 22.0. The Kier molecular flexibility index (Phi) is 6.55. The maximum atomic E-state index is 13.1. The van der Waals surface area contributed by atoms with Crippen LogP contribution in [-0.2, 0) is 14.8 Å². The lowest BCUT2D eigenvalue weighted by Gasteiger charge is -2.26. The molecule has 1 saturated heterocycles. The standard InChI is InChI=1S/C24H24N2O5S/c1-18-10-11-19(16-23(18)32(28,29)26-12-14-30-15-13-26)24(27)25-20-6-5-9-22(17-20)31-21-7-3-2-4-8-21/h2-11,16-17H,12-15H2,1H3,(H,25,27). The summed E-state index contributed by atoms with van der Waals surface area (Å²) in [5.41, 5.74) is 1.39. The number of amides is 1. The van der Waals surface area contributed by atoms with Crippen LogP contribution in [0.2, 0.25) is 0 Å². The van der Waals surface area contributed by atoms with Crippen LogP contribution in [0.3, 0.4) is 0 Å². The minimum Gasteiger partial charge on any atom is -0.457 e. The molecule has 1 aliphatic rings. The molecule has 0 radical (unpaired) electrons. The van der Waals surface area contributed by atoms with E-state index in [4.69, 9.17) is 9.47 Å². The van der Waals surface area contributed by atoms with Gasteiger partial charge in [-0.2, -0.15) is 4.31 Å². The summed E-state index contributed by atoms with van der Waals surface area (Å²) < 4.78 is 38.6. The van der Waals surface area contributed by atoms with Gasteiger partial charge in [-0.25, -0.2) is 8.42 Å². The normalized spacial score (nSPS) is 14.7. The summed E-state index contributed by atoms with van der Waals surface area (Å²) in [6.45, 7) is 3.04. The molecule has 8 heteroatoms. The molecule has 1 aliphatic heterocycles. The molecule has 3 aromatic rings. The number of hydrogen-bond donors (Lipinski definition) is 1. The SMILES string of the molecule is Cc1ccc(C(=O)Nc2cccc(Oc3ccccc3)c2)cc1S(=O)(=O)N1CCOCC1. The van der Waals surface area contributed by atoms with Gasteiger partial charge in [0.15, 0.2) is 0 Å². The van der Waals surface area contributed by atoms with Crippen molar-refractivity contribution in [3.63, 3.8) is 0 Å². The molecule has 0 unspecified atom stereocenters. The van der Waals surface area contributed by atoms with Crippen LogP contribution < -0.4 is 10.1 Å². The molecule has 3 aromatic carbocycles. The minimum atomic E-state index is -3.71. The van der Waals surface area contributed by atoms with E-state index in [1.807, 2.05) is 30.3 Å². The molecule has 1 amide bonds. The average molecular weight is 453 g/mol. The number of hydrogen-bond acceptors (Lipinski definition) is 5. The van der Waals surface area contributed by atoms with Crippen LogP contribution in [0.4, 0.5) is 5.69 Å². The lowest BCUT2D eigenvalue weighted by Crippen LogP contribution is -2.40. The second-order valence-corrected chi connectivity index (χ2v) is 9.30. The fourth-order valence-electron chi connectivity index (χ4n) is 3.41. The van der Waals surface area contributed by atoms with Crippen molar-refractivity contribution in [2.24, 2.45) is 0 Å². The van der Waals surface area contributed by atoms with Crippen LogP contribution in [0.15, 0.2) is 77.7 Å². The number of sulfonamides is 1. The van der Waals surface area contributed by atoms with Crippen LogP contribution in [0.1, 0.15) is 15.9 Å². The summed E-state index contributed by atoms with van der Waals surface area (Å²) in [5.74, 6) is 0.862. The highest BCUT2D eigenvalue weighted by atomic mass is 32.2. The number of nitrogens with one attached hydrogen (secondary N) is 1. The number of anilines is 1. The lowest BCUT2D eigenvalue weighted by atomic mass is 10.1. The maximum Gasteiger partial charge on any atom is 0.255 e. The van der Waals surface area contributed by atoms with Gasteiger partial charge in [-0.05, 0) is 48.9 Å². The zero-order chi connectivity index (χ0) is 22.6. The number of morpholine rings is 1. The zero-order valence-electron chi connectivity index (χ0n) is 17.7. The summed E-state index contributed by atoms with van der Waals surface area (Å²) in [5, 5.41) is 2.81. The second kappa shape index (κ2) is 9.52. The van der Waals surface area contributed by atoms with Gasteiger partial charge in [-0.3, -0.25) is 4.79 Å². The highest BCUT2D eigenvalue weighted by molar-refractivity contribution is 7.89. The van der Waals surface area contributed by atoms with Gasteiger partial charge in [0, 0.05) is 30.4 Å².